The molecular formula is C22H21N3O. The second kappa shape index (κ2) is 7.40. The summed E-state index contributed by atoms with van der Waals surface area (Å²) in [6.45, 7) is 2.68. The molecule has 4 rings (SSSR count). The molecule has 0 bridgehead atoms. The number of nitrogens with one attached hydrogen (secondary N) is 1. The Morgan fingerprint density at radius 2 is 1.73 bits per heavy atom. The zero-order chi connectivity index (χ0) is 17.8. The Kier molecular flexibility index (Phi) is 4.65. The van der Waals surface area contributed by atoms with Crippen LogP contribution in [0.15, 0.2) is 66.9 Å². The van der Waals surface area contributed by atoms with E-state index in [4.69, 9.17) is 4.74 Å². The summed E-state index contributed by atoms with van der Waals surface area (Å²) in [5.41, 5.74) is 5.28. The summed E-state index contributed by atoms with van der Waals surface area (Å²) in [4.78, 5) is 12.5. The molecule has 2 heterocycles. The molecule has 0 saturated carbocycles. The Bertz CT molecular complexity index is 991. The fraction of sp³-hybridized carbons (Fsp3) is 0.182. The van der Waals surface area contributed by atoms with Crippen LogP contribution in [0, 0.1) is 0 Å². The van der Waals surface area contributed by atoms with Crippen LogP contribution in [0.25, 0.3) is 22.3 Å². The standard InChI is InChI=1S/C22H21N3O/c1-2-26-19-11-8-16(9-12-19)10-13-21-24-20-14-18(15-23-22(20)25-21)17-6-4-3-5-7-17/h3-9,11-12,14-15H,2,10,13H2,1H3,(H,23,24,25). The first-order valence-corrected chi connectivity index (χ1v) is 8.93. The summed E-state index contributed by atoms with van der Waals surface area (Å²) < 4.78 is 5.48. The highest BCUT2D eigenvalue weighted by molar-refractivity contribution is 5.78. The third-order valence-corrected chi connectivity index (χ3v) is 4.38. The van der Waals surface area contributed by atoms with Crippen LogP contribution in [-0.2, 0) is 12.8 Å². The zero-order valence-electron chi connectivity index (χ0n) is 14.8. The number of benzene rings is 2. The summed E-state index contributed by atoms with van der Waals surface area (Å²) in [6.07, 6.45) is 3.66. The van der Waals surface area contributed by atoms with E-state index < -0.39 is 0 Å². The molecular weight excluding hydrogens is 322 g/mol. The highest BCUT2D eigenvalue weighted by atomic mass is 16.5. The van der Waals surface area contributed by atoms with E-state index in [9.17, 15) is 0 Å². The van der Waals surface area contributed by atoms with Crippen LogP contribution in [0.3, 0.4) is 0 Å². The smallest absolute Gasteiger partial charge is 0.177 e. The van der Waals surface area contributed by atoms with Crippen molar-refractivity contribution in [1.82, 2.24) is 15.0 Å². The molecule has 0 spiro atoms. The van der Waals surface area contributed by atoms with E-state index in [1.54, 1.807) is 0 Å². The predicted molar refractivity (Wildman–Crippen MR) is 104 cm³/mol. The van der Waals surface area contributed by atoms with Crippen LogP contribution in [0.5, 0.6) is 5.75 Å². The summed E-state index contributed by atoms with van der Waals surface area (Å²) in [7, 11) is 0. The lowest BCUT2D eigenvalue weighted by Gasteiger charge is -2.04. The maximum absolute atomic E-state index is 5.48. The third kappa shape index (κ3) is 3.59. The van der Waals surface area contributed by atoms with Gasteiger partial charge in [0, 0.05) is 18.2 Å². The lowest BCUT2D eigenvalue weighted by Crippen LogP contribution is -1.95. The zero-order valence-corrected chi connectivity index (χ0v) is 14.8. The second-order valence-electron chi connectivity index (χ2n) is 6.22. The van der Waals surface area contributed by atoms with Crippen LogP contribution in [0.1, 0.15) is 18.3 Å². The van der Waals surface area contributed by atoms with Gasteiger partial charge in [-0.3, -0.25) is 0 Å². The molecule has 26 heavy (non-hydrogen) atoms. The number of H-pyrrole nitrogens is 1. The van der Waals surface area contributed by atoms with Gasteiger partial charge in [0.05, 0.1) is 12.1 Å². The average molecular weight is 343 g/mol. The molecule has 0 aliphatic rings. The molecule has 4 heteroatoms. The summed E-state index contributed by atoms with van der Waals surface area (Å²) in [5, 5.41) is 0. The molecule has 130 valence electrons. The second-order valence-corrected chi connectivity index (χ2v) is 6.22. The molecule has 0 amide bonds. The molecule has 2 aromatic heterocycles. The molecule has 0 atom stereocenters. The molecule has 1 N–H and O–H groups in total. The van der Waals surface area contributed by atoms with E-state index in [0.717, 1.165) is 46.7 Å². The quantitative estimate of drug-likeness (QED) is 0.547. The first-order valence-electron chi connectivity index (χ1n) is 8.93. The fourth-order valence-electron chi connectivity index (χ4n) is 3.04. The highest BCUT2D eigenvalue weighted by Crippen LogP contribution is 2.22. The number of aromatic amines is 1. The number of aryl methyl sites for hydroxylation is 2. The number of nitrogens with zero attached hydrogens (tertiary/aromatic N) is 2. The Morgan fingerprint density at radius 1 is 0.923 bits per heavy atom. The van der Waals surface area contributed by atoms with Gasteiger partial charge in [0.2, 0.25) is 0 Å². The molecule has 4 aromatic rings. The van der Waals surface area contributed by atoms with Gasteiger partial charge in [0.25, 0.3) is 0 Å². The normalized spacial score (nSPS) is 11.0. The maximum Gasteiger partial charge on any atom is 0.177 e. The van der Waals surface area contributed by atoms with Crippen molar-refractivity contribution in [1.29, 1.82) is 0 Å². The molecule has 2 aromatic carbocycles. The molecule has 0 saturated heterocycles. The van der Waals surface area contributed by atoms with Crippen LogP contribution >= 0.6 is 0 Å². The number of imidazole rings is 1. The summed E-state index contributed by atoms with van der Waals surface area (Å²) in [5.74, 6) is 1.88. The highest BCUT2D eigenvalue weighted by Gasteiger charge is 2.07. The molecule has 0 unspecified atom stereocenters. The van der Waals surface area contributed by atoms with Crippen molar-refractivity contribution in [2.24, 2.45) is 0 Å². The Balaban J connectivity index is 1.49. The van der Waals surface area contributed by atoms with Crippen molar-refractivity contribution < 1.29 is 4.74 Å². The predicted octanol–water partition coefficient (Wildman–Crippen LogP) is 4.81. The average Bonchev–Trinajstić information content (AvgIpc) is 3.10. The Labute approximate surface area is 152 Å². The molecule has 0 aliphatic carbocycles. The number of aromatic nitrogens is 3. The van der Waals surface area contributed by atoms with Crippen molar-refractivity contribution >= 4 is 11.2 Å². The largest absolute Gasteiger partial charge is 0.494 e. The minimum absolute atomic E-state index is 0.691. The summed E-state index contributed by atoms with van der Waals surface area (Å²) in [6, 6.07) is 20.6. The third-order valence-electron chi connectivity index (χ3n) is 4.38. The van der Waals surface area contributed by atoms with Crippen molar-refractivity contribution in [2.75, 3.05) is 6.61 Å². The van der Waals surface area contributed by atoms with Gasteiger partial charge < -0.3 is 9.72 Å². The number of pyridine rings is 1. The van der Waals surface area contributed by atoms with Crippen LogP contribution < -0.4 is 4.74 Å². The fourth-order valence-corrected chi connectivity index (χ4v) is 3.04. The van der Waals surface area contributed by atoms with Gasteiger partial charge >= 0.3 is 0 Å². The Hall–Kier alpha value is -3.14. The van der Waals surface area contributed by atoms with Gasteiger partial charge in [0.15, 0.2) is 5.65 Å². The van der Waals surface area contributed by atoms with Gasteiger partial charge in [0.1, 0.15) is 11.6 Å². The van der Waals surface area contributed by atoms with Gasteiger partial charge in [-0.25, -0.2) is 9.97 Å². The molecule has 4 nitrogen and oxygen atoms in total. The lowest BCUT2D eigenvalue weighted by molar-refractivity contribution is 0.340. The number of hydrogen-bond donors (Lipinski definition) is 1. The number of ether oxygens (including phenoxy) is 1. The van der Waals surface area contributed by atoms with E-state index >= 15 is 0 Å². The topological polar surface area (TPSA) is 50.8 Å². The van der Waals surface area contributed by atoms with Gasteiger partial charge in [-0.1, -0.05) is 42.5 Å². The van der Waals surface area contributed by atoms with E-state index in [2.05, 4.69) is 45.3 Å². The molecule has 0 fully saturated rings. The Morgan fingerprint density at radius 3 is 2.50 bits per heavy atom. The van der Waals surface area contributed by atoms with Crippen molar-refractivity contribution in [3.8, 4) is 16.9 Å². The van der Waals surface area contributed by atoms with E-state index in [1.807, 2.05) is 43.5 Å². The van der Waals surface area contributed by atoms with Gasteiger partial charge in [-0.05, 0) is 42.7 Å². The van der Waals surface area contributed by atoms with E-state index in [-0.39, 0.29) is 0 Å². The SMILES string of the molecule is CCOc1ccc(CCc2nc3ncc(-c4ccccc4)cc3[nH]2)cc1. The van der Waals surface area contributed by atoms with E-state index in [1.165, 1.54) is 5.56 Å². The van der Waals surface area contributed by atoms with Gasteiger partial charge in [-0.15, -0.1) is 0 Å². The first-order chi connectivity index (χ1) is 12.8. The van der Waals surface area contributed by atoms with Crippen molar-refractivity contribution in [3.63, 3.8) is 0 Å². The number of hydrogen-bond acceptors (Lipinski definition) is 3. The molecule has 0 aliphatic heterocycles. The maximum atomic E-state index is 5.48. The van der Waals surface area contributed by atoms with E-state index in [0.29, 0.717) is 6.61 Å². The first kappa shape index (κ1) is 16.3. The van der Waals surface area contributed by atoms with Crippen LogP contribution in [0.4, 0.5) is 0 Å². The van der Waals surface area contributed by atoms with Gasteiger partial charge in [-0.2, -0.15) is 0 Å². The monoisotopic (exact) mass is 343 g/mol. The number of fused-ring (bicyclic) bond motifs is 1. The minimum atomic E-state index is 0.691. The van der Waals surface area contributed by atoms with Crippen molar-refractivity contribution in [3.05, 3.63) is 78.2 Å². The van der Waals surface area contributed by atoms with Crippen molar-refractivity contribution in [2.45, 2.75) is 19.8 Å². The lowest BCUT2D eigenvalue weighted by atomic mass is 10.1. The number of rotatable bonds is 6. The van der Waals surface area contributed by atoms with Crippen LogP contribution in [-0.4, -0.2) is 21.6 Å². The van der Waals surface area contributed by atoms with Crippen LogP contribution in [0.2, 0.25) is 0 Å². The summed E-state index contributed by atoms with van der Waals surface area (Å²) >= 11 is 0. The minimum Gasteiger partial charge on any atom is -0.494 e. The molecule has 0 radical (unpaired) electrons.